The summed E-state index contributed by atoms with van der Waals surface area (Å²) in [7, 11) is -3.08. The van der Waals surface area contributed by atoms with E-state index < -0.39 is 10.0 Å². The lowest BCUT2D eigenvalue weighted by Crippen LogP contribution is -2.24. The first kappa shape index (κ1) is 14.7. The lowest BCUT2D eigenvalue weighted by atomic mass is 10.2. The lowest BCUT2D eigenvalue weighted by molar-refractivity contribution is 0.311. The van der Waals surface area contributed by atoms with Crippen molar-refractivity contribution in [3.63, 3.8) is 0 Å². The average molecular weight is 369 g/mol. The Hall–Kier alpha value is -0.340. The summed E-state index contributed by atoms with van der Waals surface area (Å²) in [6.45, 7) is 0.913. The third kappa shape index (κ3) is 6.85. The van der Waals surface area contributed by atoms with Crippen LogP contribution in [0, 0.1) is 0 Å². The molecular weight excluding hydrogens is 353 g/mol. The molecule has 1 rings (SSSR count). The van der Waals surface area contributed by atoms with Gasteiger partial charge in [-0.15, -0.1) is 0 Å². The summed E-state index contributed by atoms with van der Waals surface area (Å²) < 4.78 is 30.4. The largest absolute Gasteiger partial charge is 0.494 e. The monoisotopic (exact) mass is 369 g/mol. The molecule has 0 bridgehead atoms. The summed E-state index contributed by atoms with van der Waals surface area (Å²) in [4.78, 5) is 0. The molecule has 1 N–H and O–H groups in total. The van der Waals surface area contributed by atoms with Crippen LogP contribution in [0.25, 0.3) is 0 Å². The number of benzene rings is 1. The Morgan fingerprint density at radius 2 is 1.94 bits per heavy atom. The highest BCUT2D eigenvalue weighted by molar-refractivity contribution is 14.1. The number of sulfonamides is 1. The van der Waals surface area contributed by atoms with Crippen molar-refractivity contribution in [2.45, 2.75) is 10.8 Å². The molecule has 17 heavy (non-hydrogen) atoms. The van der Waals surface area contributed by atoms with Crippen LogP contribution < -0.4 is 9.46 Å². The second-order valence-electron chi connectivity index (χ2n) is 3.65. The van der Waals surface area contributed by atoms with E-state index in [2.05, 4.69) is 27.3 Å². The quantitative estimate of drug-likeness (QED) is 0.454. The molecule has 0 saturated heterocycles. The third-order valence-corrected chi connectivity index (χ3v) is 3.64. The summed E-state index contributed by atoms with van der Waals surface area (Å²) in [6, 6.07) is 7.91. The first-order chi connectivity index (χ1) is 8.01. The Balaban J connectivity index is 2.22. The number of ether oxygens (including phenoxy) is 1. The summed E-state index contributed by atoms with van der Waals surface area (Å²) in [5.41, 5.74) is 1.26. The normalized spacial score (nSPS) is 11.4. The maximum atomic E-state index is 10.8. The fourth-order valence-corrected chi connectivity index (χ4v) is 2.22. The van der Waals surface area contributed by atoms with Gasteiger partial charge in [-0.2, -0.15) is 0 Å². The maximum absolute atomic E-state index is 10.8. The second kappa shape index (κ2) is 7.17. The van der Waals surface area contributed by atoms with Gasteiger partial charge in [0, 0.05) is 11.0 Å². The van der Waals surface area contributed by atoms with Crippen LogP contribution in [0.1, 0.15) is 12.0 Å². The molecule has 0 aromatic heterocycles. The summed E-state index contributed by atoms with van der Waals surface area (Å²) in [5.74, 6) is 0.818. The predicted molar refractivity (Wildman–Crippen MR) is 77.1 cm³/mol. The van der Waals surface area contributed by atoms with Gasteiger partial charge in [-0.1, -0.05) is 34.7 Å². The van der Waals surface area contributed by atoms with Gasteiger partial charge in [0.1, 0.15) is 5.75 Å². The van der Waals surface area contributed by atoms with Crippen LogP contribution in [-0.2, 0) is 14.5 Å². The summed E-state index contributed by atoms with van der Waals surface area (Å²) >= 11 is 2.31. The van der Waals surface area contributed by atoms with Crippen LogP contribution in [0.15, 0.2) is 24.3 Å². The first-order valence-corrected chi connectivity index (χ1v) is 8.65. The molecule has 4 nitrogen and oxygen atoms in total. The SMILES string of the molecule is CS(=O)(=O)NCCCOc1ccc(CI)cc1. The molecule has 0 radical (unpaired) electrons. The highest BCUT2D eigenvalue weighted by atomic mass is 127. The topological polar surface area (TPSA) is 55.4 Å². The zero-order valence-corrected chi connectivity index (χ0v) is 12.6. The number of alkyl halides is 1. The lowest BCUT2D eigenvalue weighted by Gasteiger charge is -2.06. The number of hydrogen-bond donors (Lipinski definition) is 1. The maximum Gasteiger partial charge on any atom is 0.208 e. The van der Waals surface area contributed by atoms with Crippen molar-refractivity contribution in [1.82, 2.24) is 4.72 Å². The Morgan fingerprint density at radius 1 is 1.29 bits per heavy atom. The van der Waals surface area contributed by atoms with E-state index in [0.29, 0.717) is 19.6 Å². The third-order valence-electron chi connectivity index (χ3n) is 2.03. The van der Waals surface area contributed by atoms with Gasteiger partial charge in [0.2, 0.25) is 10.0 Å². The number of hydrogen-bond acceptors (Lipinski definition) is 3. The molecule has 0 aliphatic rings. The van der Waals surface area contributed by atoms with Gasteiger partial charge in [0.15, 0.2) is 0 Å². The Bertz CT molecular complexity index is 431. The molecule has 0 aliphatic heterocycles. The summed E-state index contributed by atoms with van der Waals surface area (Å²) in [5, 5.41) is 0. The molecule has 0 saturated carbocycles. The minimum Gasteiger partial charge on any atom is -0.494 e. The van der Waals surface area contributed by atoms with Crippen molar-refractivity contribution in [2.24, 2.45) is 0 Å². The Morgan fingerprint density at radius 3 is 2.47 bits per heavy atom. The molecule has 1 aromatic carbocycles. The van der Waals surface area contributed by atoms with E-state index in [1.54, 1.807) is 0 Å². The minimum absolute atomic E-state index is 0.407. The highest BCUT2D eigenvalue weighted by Crippen LogP contribution is 2.14. The van der Waals surface area contributed by atoms with Crippen LogP contribution in [-0.4, -0.2) is 27.8 Å². The number of rotatable bonds is 7. The molecule has 96 valence electrons. The molecule has 0 amide bonds. The predicted octanol–water partition coefficient (Wildman–Crippen LogP) is 1.94. The van der Waals surface area contributed by atoms with Gasteiger partial charge >= 0.3 is 0 Å². The molecule has 0 heterocycles. The van der Waals surface area contributed by atoms with E-state index >= 15 is 0 Å². The minimum atomic E-state index is -3.08. The molecule has 0 unspecified atom stereocenters. The van der Waals surface area contributed by atoms with Gasteiger partial charge in [0.05, 0.1) is 12.9 Å². The van der Waals surface area contributed by atoms with Crippen molar-refractivity contribution in [1.29, 1.82) is 0 Å². The van der Waals surface area contributed by atoms with E-state index in [4.69, 9.17) is 4.74 Å². The van der Waals surface area contributed by atoms with Gasteiger partial charge in [-0.05, 0) is 24.1 Å². The van der Waals surface area contributed by atoms with E-state index in [1.807, 2.05) is 24.3 Å². The van der Waals surface area contributed by atoms with Crippen molar-refractivity contribution in [2.75, 3.05) is 19.4 Å². The fraction of sp³-hybridized carbons (Fsp3) is 0.455. The van der Waals surface area contributed by atoms with Gasteiger partial charge < -0.3 is 4.74 Å². The molecule has 6 heteroatoms. The van der Waals surface area contributed by atoms with E-state index in [-0.39, 0.29) is 0 Å². The Labute approximate surface area is 116 Å². The van der Waals surface area contributed by atoms with Crippen molar-refractivity contribution in [3.05, 3.63) is 29.8 Å². The van der Waals surface area contributed by atoms with Crippen LogP contribution in [0.2, 0.25) is 0 Å². The number of nitrogens with one attached hydrogen (secondary N) is 1. The molecule has 0 aliphatic carbocycles. The molecule has 0 atom stereocenters. The van der Waals surface area contributed by atoms with Crippen molar-refractivity contribution < 1.29 is 13.2 Å². The smallest absolute Gasteiger partial charge is 0.208 e. The van der Waals surface area contributed by atoms with Crippen molar-refractivity contribution >= 4 is 32.6 Å². The van der Waals surface area contributed by atoms with Gasteiger partial charge in [-0.25, -0.2) is 13.1 Å². The number of halogens is 1. The van der Waals surface area contributed by atoms with Crippen LogP contribution in [0.3, 0.4) is 0 Å². The van der Waals surface area contributed by atoms with E-state index in [9.17, 15) is 8.42 Å². The molecule has 1 aromatic rings. The summed E-state index contributed by atoms with van der Waals surface area (Å²) in [6.07, 6.45) is 1.80. The zero-order valence-electron chi connectivity index (χ0n) is 9.65. The van der Waals surface area contributed by atoms with Gasteiger partial charge in [-0.3, -0.25) is 0 Å². The van der Waals surface area contributed by atoms with E-state index in [1.165, 1.54) is 5.56 Å². The van der Waals surface area contributed by atoms with Crippen LogP contribution in [0.5, 0.6) is 5.75 Å². The van der Waals surface area contributed by atoms with Crippen LogP contribution >= 0.6 is 22.6 Å². The first-order valence-electron chi connectivity index (χ1n) is 5.23. The molecule has 0 fully saturated rings. The zero-order chi connectivity index (χ0) is 12.7. The highest BCUT2D eigenvalue weighted by Gasteiger charge is 1.99. The fourth-order valence-electron chi connectivity index (χ4n) is 1.19. The van der Waals surface area contributed by atoms with Crippen LogP contribution in [0.4, 0.5) is 0 Å². The van der Waals surface area contributed by atoms with Crippen molar-refractivity contribution in [3.8, 4) is 5.75 Å². The van der Waals surface area contributed by atoms with E-state index in [0.717, 1.165) is 16.4 Å². The standard InChI is InChI=1S/C11H16INO3S/c1-17(14,15)13-7-2-8-16-11-5-3-10(9-12)4-6-11/h3-6,13H,2,7-9H2,1H3. The van der Waals surface area contributed by atoms with Gasteiger partial charge in [0.25, 0.3) is 0 Å². The molecular formula is C11H16INO3S. The Kier molecular flexibility index (Phi) is 6.21. The second-order valence-corrected chi connectivity index (χ2v) is 6.24. The average Bonchev–Trinajstić information content (AvgIpc) is 2.28. The molecule has 0 spiro atoms.